The Morgan fingerprint density at radius 2 is 1.71 bits per heavy atom. The molecule has 5 nitrogen and oxygen atoms in total. The molecule has 6 heteroatoms. The van der Waals surface area contributed by atoms with E-state index in [2.05, 4.69) is 0 Å². The third-order valence-corrected chi connectivity index (χ3v) is 3.46. The van der Waals surface area contributed by atoms with Crippen molar-refractivity contribution < 1.29 is 14.0 Å². The maximum absolute atomic E-state index is 12.9. The molecule has 0 unspecified atom stereocenters. The van der Waals surface area contributed by atoms with Gasteiger partial charge in [0.15, 0.2) is 0 Å². The highest BCUT2D eigenvalue weighted by atomic mass is 19.1. The van der Waals surface area contributed by atoms with Crippen LogP contribution >= 0.6 is 0 Å². The molecule has 1 aliphatic rings. The number of hydrogen-bond donors (Lipinski definition) is 0. The van der Waals surface area contributed by atoms with E-state index in [1.54, 1.807) is 9.80 Å². The molecule has 0 radical (unpaired) electrons. The van der Waals surface area contributed by atoms with Gasteiger partial charge < -0.3 is 9.80 Å². The highest BCUT2D eigenvalue weighted by molar-refractivity contribution is 5.94. The number of benzene rings is 1. The number of nitrogens with zero attached hydrogens (tertiary/aromatic N) is 3. The van der Waals surface area contributed by atoms with Gasteiger partial charge in [0.25, 0.3) is 5.91 Å². The van der Waals surface area contributed by atoms with Crippen molar-refractivity contribution in [3.8, 4) is 6.07 Å². The predicted molar refractivity (Wildman–Crippen MR) is 73.7 cm³/mol. The molecule has 0 aromatic heterocycles. The van der Waals surface area contributed by atoms with Crippen molar-refractivity contribution in [2.24, 2.45) is 0 Å². The standard InChI is InChI=1S/C15H16FN3O2/c16-13-4-2-12(3-5-13)15(21)19-9-1-8-18(10-11-19)14(20)6-7-17/h2-5H,1,6,8-11H2. The number of nitriles is 1. The van der Waals surface area contributed by atoms with Crippen LogP contribution in [0.5, 0.6) is 0 Å². The van der Waals surface area contributed by atoms with Crippen LogP contribution in [0.3, 0.4) is 0 Å². The monoisotopic (exact) mass is 289 g/mol. The lowest BCUT2D eigenvalue weighted by atomic mass is 10.2. The second-order valence-corrected chi connectivity index (χ2v) is 4.87. The lowest BCUT2D eigenvalue weighted by Gasteiger charge is -2.21. The van der Waals surface area contributed by atoms with E-state index in [0.717, 1.165) is 0 Å². The van der Waals surface area contributed by atoms with Gasteiger partial charge in [-0.15, -0.1) is 0 Å². The molecule has 1 fully saturated rings. The fourth-order valence-corrected chi connectivity index (χ4v) is 2.32. The Balaban J connectivity index is 1.99. The van der Waals surface area contributed by atoms with Gasteiger partial charge in [0.05, 0.1) is 6.07 Å². The van der Waals surface area contributed by atoms with Gasteiger partial charge in [0.2, 0.25) is 5.91 Å². The van der Waals surface area contributed by atoms with Gasteiger partial charge in [0, 0.05) is 31.7 Å². The average molecular weight is 289 g/mol. The zero-order valence-corrected chi connectivity index (χ0v) is 11.6. The topological polar surface area (TPSA) is 64.4 Å². The molecule has 0 spiro atoms. The molecule has 1 saturated heterocycles. The van der Waals surface area contributed by atoms with E-state index in [4.69, 9.17) is 5.26 Å². The summed E-state index contributed by atoms with van der Waals surface area (Å²) in [4.78, 5) is 27.3. The lowest BCUT2D eigenvalue weighted by Crippen LogP contribution is -2.37. The zero-order valence-electron chi connectivity index (χ0n) is 11.6. The molecular weight excluding hydrogens is 273 g/mol. The summed E-state index contributed by atoms with van der Waals surface area (Å²) in [7, 11) is 0. The van der Waals surface area contributed by atoms with Crippen molar-refractivity contribution in [1.82, 2.24) is 9.80 Å². The van der Waals surface area contributed by atoms with Gasteiger partial charge in [0.1, 0.15) is 12.2 Å². The molecule has 0 N–H and O–H groups in total. The Morgan fingerprint density at radius 1 is 1.10 bits per heavy atom. The third-order valence-electron chi connectivity index (χ3n) is 3.46. The number of hydrogen-bond acceptors (Lipinski definition) is 3. The molecule has 2 amide bonds. The third kappa shape index (κ3) is 3.78. The van der Waals surface area contributed by atoms with Gasteiger partial charge in [-0.25, -0.2) is 4.39 Å². The van der Waals surface area contributed by atoms with Gasteiger partial charge in [-0.05, 0) is 30.7 Å². The van der Waals surface area contributed by atoms with E-state index in [1.807, 2.05) is 6.07 Å². The second kappa shape index (κ2) is 6.84. The fourth-order valence-electron chi connectivity index (χ4n) is 2.32. The summed E-state index contributed by atoms with van der Waals surface area (Å²) in [5.41, 5.74) is 0.438. The van der Waals surface area contributed by atoms with Gasteiger partial charge in [-0.3, -0.25) is 9.59 Å². The van der Waals surface area contributed by atoms with Crippen LogP contribution in [0.25, 0.3) is 0 Å². The molecule has 0 atom stereocenters. The van der Waals surface area contributed by atoms with E-state index in [-0.39, 0.29) is 24.1 Å². The molecule has 2 rings (SSSR count). The molecule has 0 bridgehead atoms. The zero-order chi connectivity index (χ0) is 15.2. The number of carbonyl (C=O) groups is 2. The van der Waals surface area contributed by atoms with Crippen molar-refractivity contribution >= 4 is 11.8 Å². The van der Waals surface area contributed by atoms with Crippen LogP contribution in [0.15, 0.2) is 24.3 Å². The van der Waals surface area contributed by atoms with Crippen LogP contribution in [0.4, 0.5) is 4.39 Å². The Bertz CT molecular complexity index is 565. The molecule has 110 valence electrons. The van der Waals surface area contributed by atoms with E-state index in [1.165, 1.54) is 24.3 Å². The summed E-state index contributed by atoms with van der Waals surface area (Å²) in [6.07, 6.45) is 0.538. The van der Waals surface area contributed by atoms with E-state index in [0.29, 0.717) is 38.2 Å². The van der Waals surface area contributed by atoms with Crippen molar-refractivity contribution in [2.45, 2.75) is 12.8 Å². The first-order valence-corrected chi connectivity index (χ1v) is 6.81. The van der Waals surface area contributed by atoms with Crippen molar-refractivity contribution in [3.63, 3.8) is 0 Å². The first-order valence-electron chi connectivity index (χ1n) is 6.81. The molecule has 1 aromatic rings. The summed E-state index contributed by atoms with van der Waals surface area (Å²) in [6.45, 7) is 1.95. The molecule has 1 heterocycles. The van der Waals surface area contributed by atoms with Gasteiger partial charge in [-0.1, -0.05) is 0 Å². The van der Waals surface area contributed by atoms with Crippen LogP contribution < -0.4 is 0 Å². The van der Waals surface area contributed by atoms with Gasteiger partial charge in [-0.2, -0.15) is 5.26 Å². The Morgan fingerprint density at radius 3 is 2.38 bits per heavy atom. The maximum Gasteiger partial charge on any atom is 0.253 e. The Hall–Kier alpha value is -2.42. The summed E-state index contributed by atoms with van der Waals surface area (Å²) in [5, 5.41) is 8.56. The van der Waals surface area contributed by atoms with Crippen molar-refractivity contribution in [1.29, 1.82) is 5.26 Å². The van der Waals surface area contributed by atoms with Crippen LogP contribution in [0, 0.1) is 17.1 Å². The largest absolute Gasteiger partial charge is 0.340 e. The van der Waals surface area contributed by atoms with E-state index >= 15 is 0 Å². The quantitative estimate of drug-likeness (QED) is 0.827. The summed E-state index contributed by atoms with van der Waals surface area (Å²) < 4.78 is 12.9. The first-order chi connectivity index (χ1) is 10.1. The van der Waals surface area contributed by atoms with Crippen LogP contribution in [-0.4, -0.2) is 47.8 Å². The molecule has 0 aliphatic carbocycles. The minimum atomic E-state index is -0.379. The van der Waals surface area contributed by atoms with Crippen LogP contribution in [0.2, 0.25) is 0 Å². The summed E-state index contributed by atoms with van der Waals surface area (Å²) >= 11 is 0. The second-order valence-electron chi connectivity index (χ2n) is 4.87. The number of carbonyl (C=O) groups excluding carboxylic acids is 2. The molecule has 21 heavy (non-hydrogen) atoms. The van der Waals surface area contributed by atoms with Crippen molar-refractivity contribution in [2.75, 3.05) is 26.2 Å². The van der Waals surface area contributed by atoms with E-state index in [9.17, 15) is 14.0 Å². The summed E-state index contributed by atoms with van der Waals surface area (Å²) in [6, 6.07) is 7.28. The molecule has 0 saturated carbocycles. The molecule has 1 aliphatic heterocycles. The van der Waals surface area contributed by atoms with Crippen LogP contribution in [0.1, 0.15) is 23.2 Å². The fraction of sp³-hybridized carbons (Fsp3) is 0.400. The van der Waals surface area contributed by atoms with Crippen LogP contribution in [-0.2, 0) is 4.79 Å². The predicted octanol–water partition coefficient (Wildman–Crippen LogP) is 1.41. The molecular formula is C15H16FN3O2. The molecule has 1 aromatic carbocycles. The average Bonchev–Trinajstić information content (AvgIpc) is 2.73. The normalized spacial score (nSPS) is 15.2. The summed E-state index contributed by atoms with van der Waals surface area (Å²) in [5.74, 6) is -0.742. The minimum Gasteiger partial charge on any atom is -0.340 e. The van der Waals surface area contributed by atoms with E-state index < -0.39 is 0 Å². The smallest absolute Gasteiger partial charge is 0.253 e. The minimum absolute atomic E-state index is 0.133. The number of amides is 2. The number of rotatable bonds is 2. The Labute approximate surface area is 122 Å². The maximum atomic E-state index is 12.9. The van der Waals surface area contributed by atoms with Gasteiger partial charge >= 0.3 is 0 Å². The highest BCUT2D eigenvalue weighted by Crippen LogP contribution is 2.11. The van der Waals surface area contributed by atoms with Crippen molar-refractivity contribution in [3.05, 3.63) is 35.6 Å². The highest BCUT2D eigenvalue weighted by Gasteiger charge is 2.22. The SMILES string of the molecule is N#CCC(=O)N1CCCN(C(=O)c2ccc(F)cc2)CC1. The first kappa shape index (κ1) is 15.0. The lowest BCUT2D eigenvalue weighted by molar-refractivity contribution is -0.130. The number of halogens is 1. The Kier molecular flexibility index (Phi) is 4.88.